The van der Waals surface area contributed by atoms with Gasteiger partial charge in [-0.25, -0.2) is 4.39 Å². The van der Waals surface area contributed by atoms with Crippen molar-refractivity contribution in [2.45, 2.75) is 19.3 Å². The average Bonchev–Trinajstić information content (AvgIpc) is 2.74. The first-order valence-corrected chi connectivity index (χ1v) is 9.58. The van der Waals surface area contributed by atoms with Crippen LogP contribution in [0.15, 0.2) is 47.5 Å². The molecule has 31 heavy (non-hydrogen) atoms. The smallest absolute Gasteiger partial charge is 0.378 e. The number of ether oxygens (including phenoxy) is 1. The maximum Gasteiger partial charge on any atom is 0.416 e. The Balaban J connectivity index is 0.00000341. The molecule has 170 valence electrons. The van der Waals surface area contributed by atoms with Crippen molar-refractivity contribution in [3.8, 4) is 0 Å². The first kappa shape index (κ1) is 25.2. The van der Waals surface area contributed by atoms with Crippen LogP contribution >= 0.6 is 24.0 Å². The van der Waals surface area contributed by atoms with Crippen LogP contribution in [0.3, 0.4) is 0 Å². The number of nitrogens with zero attached hydrogens (tertiary/aromatic N) is 2. The number of halogens is 5. The molecule has 1 saturated heterocycles. The highest BCUT2D eigenvalue weighted by Crippen LogP contribution is 2.35. The summed E-state index contributed by atoms with van der Waals surface area (Å²) in [4.78, 5) is 5.91. The lowest BCUT2D eigenvalue weighted by Gasteiger charge is -2.29. The van der Waals surface area contributed by atoms with E-state index in [9.17, 15) is 17.6 Å². The van der Waals surface area contributed by atoms with Gasteiger partial charge in [-0.3, -0.25) is 4.99 Å². The van der Waals surface area contributed by atoms with Crippen molar-refractivity contribution in [2.75, 3.05) is 38.3 Å². The lowest BCUT2D eigenvalue weighted by atomic mass is 10.0. The molecule has 1 heterocycles. The number of aliphatic imine (C=N–C) groups is 1. The molecule has 0 bridgehead atoms. The molecule has 1 aliphatic rings. The van der Waals surface area contributed by atoms with Crippen LogP contribution in [-0.4, -0.2) is 39.3 Å². The SMILES string of the molecule is CN=C(NCc1cccc(F)c1)NCc1ccc(N2CCOCC2)cc1C(F)(F)F.I. The Labute approximate surface area is 195 Å². The van der Waals surface area contributed by atoms with E-state index < -0.39 is 11.7 Å². The van der Waals surface area contributed by atoms with Gasteiger partial charge in [0.2, 0.25) is 0 Å². The first-order chi connectivity index (χ1) is 14.4. The molecule has 10 heteroatoms. The van der Waals surface area contributed by atoms with Crippen molar-refractivity contribution < 1.29 is 22.3 Å². The Bertz CT molecular complexity index is 886. The van der Waals surface area contributed by atoms with Crippen LogP contribution in [0, 0.1) is 5.82 Å². The Morgan fingerprint density at radius 2 is 1.77 bits per heavy atom. The van der Waals surface area contributed by atoms with Gasteiger partial charge in [-0.2, -0.15) is 13.2 Å². The molecule has 0 amide bonds. The van der Waals surface area contributed by atoms with Crippen LogP contribution in [0.2, 0.25) is 0 Å². The van der Waals surface area contributed by atoms with Crippen LogP contribution < -0.4 is 15.5 Å². The minimum atomic E-state index is -4.47. The summed E-state index contributed by atoms with van der Waals surface area (Å²) >= 11 is 0. The molecular weight excluding hydrogens is 527 g/mol. The minimum absolute atomic E-state index is 0. The highest BCUT2D eigenvalue weighted by molar-refractivity contribution is 14.0. The summed E-state index contributed by atoms with van der Waals surface area (Å²) in [6, 6.07) is 10.4. The van der Waals surface area contributed by atoms with Gasteiger partial charge in [0, 0.05) is 38.9 Å². The highest BCUT2D eigenvalue weighted by Gasteiger charge is 2.34. The van der Waals surface area contributed by atoms with Crippen LogP contribution in [0.5, 0.6) is 0 Å². The topological polar surface area (TPSA) is 48.9 Å². The highest BCUT2D eigenvalue weighted by atomic mass is 127. The van der Waals surface area contributed by atoms with Gasteiger partial charge in [0.1, 0.15) is 5.82 Å². The lowest BCUT2D eigenvalue weighted by Crippen LogP contribution is -2.37. The number of rotatable bonds is 5. The maximum absolute atomic E-state index is 13.7. The molecule has 5 nitrogen and oxygen atoms in total. The predicted molar refractivity (Wildman–Crippen MR) is 123 cm³/mol. The van der Waals surface area contributed by atoms with E-state index in [1.165, 1.54) is 31.3 Å². The summed E-state index contributed by atoms with van der Waals surface area (Å²) < 4.78 is 59.5. The molecule has 0 spiro atoms. The van der Waals surface area contributed by atoms with Crippen LogP contribution in [0.4, 0.5) is 23.2 Å². The van der Waals surface area contributed by atoms with E-state index in [1.807, 2.05) is 4.90 Å². The summed E-state index contributed by atoms with van der Waals surface area (Å²) in [5, 5.41) is 5.87. The number of morpholine rings is 1. The minimum Gasteiger partial charge on any atom is -0.378 e. The van der Waals surface area contributed by atoms with E-state index in [0.29, 0.717) is 50.1 Å². The van der Waals surface area contributed by atoms with E-state index in [2.05, 4.69) is 15.6 Å². The molecule has 1 aliphatic heterocycles. The largest absolute Gasteiger partial charge is 0.416 e. The Hall–Kier alpha value is -2.08. The molecular formula is C21H25F4IN4O. The van der Waals surface area contributed by atoms with E-state index in [-0.39, 0.29) is 41.9 Å². The van der Waals surface area contributed by atoms with Crippen molar-refractivity contribution >= 4 is 35.6 Å². The molecule has 0 aromatic heterocycles. The predicted octanol–water partition coefficient (Wildman–Crippen LogP) is 4.16. The second-order valence-electron chi connectivity index (χ2n) is 6.85. The van der Waals surface area contributed by atoms with Crippen LogP contribution in [0.25, 0.3) is 0 Å². The maximum atomic E-state index is 13.7. The van der Waals surface area contributed by atoms with E-state index in [1.54, 1.807) is 18.2 Å². The zero-order chi connectivity index (χ0) is 21.6. The second-order valence-corrected chi connectivity index (χ2v) is 6.85. The number of nitrogens with one attached hydrogen (secondary N) is 2. The van der Waals surface area contributed by atoms with Gasteiger partial charge >= 0.3 is 6.18 Å². The normalized spacial score (nSPS) is 14.7. The van der Waals surface area contributed by atoms with E-state index in [0.717, 1.165) is 0 Å². The molecule has 0 aliphatic carbocycles. The third kappa shape index (κ3) is 7.23. The van der Waals surface area contributed by atoms with Gasteiger partial charge in [0.15, 0.2) is 5.96 Å². The standard InChI is InChI=1S/C21H24F4N4O.HI/c1-26-20(27-13-15-3-2-4-17(22)11-15)28-14-16-5-6-18(12-19(16)21(23,24)25)29-7-9-30-10-8-29;/h2-6,11-12H,7-10,13-14H2,1H3,(H2,26,27,28);1H. The Kier molecular flexibility index (Phi) is 9.35. The fourth-order valence-electron chi connectivity index (χ4n) is 3.23. The van der Waals surface area contributed by atoms with Gasteiger partial charge in [-0.05, 0) is 35.4 Å². The fraction of sp³-hybridized carbons (Fsp3) is 0.381. The number of guanidine groups is 1. The number of anilines is 1. The fourth-order valence-corrected chi connectivity index (χ4v) is 3.23. The zero-order valence-corrected chi connectivity index (χ0v) is 19.3. The number of benzene rings is 2. The molecule has 0 saturated carbocycles. The summed E-state index contributed by atoms with van der Waals surface area (Å²) in [5.41, 5.74) is 0.666. The van der Waals surface area contributed by atoms with E-state index >= 15 is 0 Å². The summed E-state index contributed by atoms with van der Waals surface area (Å²) in [6.07, 6.45) is -4.47. The van der Waals surface area contributed by atoms with Gasteiger partial charge in [0.05, 0.1) is 18.8 Å². The summed E-state index contributed by atoms with van der Waals surface area (Å²) in [5.74, 6) is -0.0305. The molecule has 1 fully saturated rings. The number of hydrogen-bond acceptors (Lipinski definition) is 3. The third-order valence-electron chi connectivity index (χ3n) is 4.79. The molecule has 0 radical (unpaired) electrons. The molecule has 3 rings (SSSR count). The summed E-state index contributed by atoms with van der Waals surface area (Å²) in [6.45, 7) is 2.35. The Morgan fingerprint density at radius 3 is 2.42 bits per heavy atom. The molecule has 2 N–H and O–H groups in total. The third-order valence-corrected chi connectivity index (χ3v) is 4.79. The first-order valence-electron chi connectivity index (χ1n) is 9.58. The molecule has 2 aromatic rings. The van der Waals surface area contributed by atoms with Gasteiger partial charge in [-0.15, -0.1) is 24.0 Å². The monoisotopic (exact) mass is 552 g/mol. The molecule has 2 aromatic carbocycles. The Morgan fingerprint density at radius 1 is 1.06 bits per heavy atom. The lowest BCUT2D eigenvalue weighted by molar-refractivity contribution is -0.138. The van der Waals surface area contributed by atoms with Crippen molar-refractivity contribution in [3.05, 3.63) is 65.0 Å². The van der Waals surface area contributed by atoms with Crippen molar-refractivity contribution in [3.63, 3.8) is 0 Å². The average molecular weight is 552 g/mol. The molecule has 0 unspecified atom stereocenters. The number of hydrogen-bond donors (Lipinski definition) is 2. The summed E-state index contributed by atoms with van der Waals surface area (Å²) in [7, 11) is 1.52. The molecule has 0 atom stereocenters. The quantitative estimate of drug-likeness (QED) is 0.253. The van der Waals surface area contributed by atoms with Crippen molar-refractivity contribution in [2.24, 2.45) is 4.99 Å². The van der Waals surface area contributed by atoms with Gasteiger partial charge in [-0.1, -0.05) is 18.2 Å². The van der Waals surface area contributed by atoms with Gasteiger partial charge in [0.25, 0.3) is 0 Å². The van der Waals surface area contributed by atoms with E-state index in [4.69, 9.17) is 4.74 Å². The zero-order valence-electron chi connectivity index (χ0n) is 17.0. The van der Waals surface area contributed by atoms with Crippen molar-refractivity contribution in [1.29, 1.82) is 0 Å². The second kappa shape index (κ2) is 11.5. The van der Waals surface area contributed by atoms with Gasteiger partial charge < -0.3 is 20.3 Å². The van der Waals surface area contributed by atoms with Crippen LogP contribution in [-0.2, 0) is 24.0 Å². The van der Waals surface area contributed by atoms with Crippen LogP contribution in [0.1, 0.15) is 16.7 Å². The van der Waals surface area contributed by atoms with Crippen molar-refractivity contribution in [1.82, 2.24) is 10.6 Å². The number of alkyl halides is 3.